The first-order chi connectivity index (χ1) is 18.5. The lowest BCUT2D eigenvalue weighted by molar-refractivity contribution is -0.849. The maximum Gasteiger partial charge on any atom is 0.119 e. The van der Waals surface area contributed by atoms with Crippen molar-refractivity contribution in [2.75, 3.05) is 49.5 Å². The zero-order chi connectivity index (χ0) is 29.1. The maximum atomic E-state index is 12.3. The largest absolute Gasteiger partial charge is 0.871 e. The van der Waals surface area contributed by atoms with Crippen molar-refractivity contribution in [1.82, 2.24) is 0 Å². The molecule has 0 aliphatic heterocycles. The van der Waals surface area contributed by atoms with E-state index >= 15 is 0 Å². The Morgan fingerprint density at radius 3 is 1.59 bits per heavy atom. The molecule has 7 nitrogen and oxygen atoms in total. The van der Waals surface area contributed by atoms with E-state index in [1.807, 2.05) is 72.8 Å². The average Bonchev–Trinajstić information content (AvgIpc) is 2.91. The van der Waals surface area contributed by atoms with Gasteiger partial charge in [0.1, 0.15) is 22.8 Å². The highest BCUT2D eigenvalue weighted by molar-refractivity contribution is 6.28. The number of nitrogens with zero attached hydrogens (tertiary/aromatic N) is 1. The van der Waals surface area contributed by atoms with Crippen LogP contribution >= 0.6 is 0 Å². The summed E-state index contributed by atoms with van der Waals surface area (Å²) in [6, 6.07) is 22.4. The lowest BCUT2D eigenvalue weighted by Crippen LogP contribution is -2.55. The highest BCUT2D eigenvalue weighted by Crippen LogP contribution is 2.49. The Bertz CT molecular complexity index is 1090. The molecule has 0 spiro atoms. The van der Waals surface area contributed by atoms with E-state index < -0.39 is 12.9 Å². The molecule has 3 rings (SSSR count). The molecular formula is C31H43BNO6-. The van der Waals surface area contributed by atoms with Crippen LogP contribution in [0.4, 0.5) is 0 Å². The van der Waals surface area contributed by atoms with Crippen molar-refractivity contribution in [1.29, 1.82) is 0 Å². The van der Waals surface area contributed by atoms with E-state index in [1.54, 1.807) is 21.3 Å². The van der Waals surface area contributed by atoms with Gasteiger partial charge in [-0.05, 0) is 59.5 Å². The van der Waals surface area contributed by atoms with Crippen LogP contribution in [0.5, 0.6) is 17.2 Å². The molecule has 3 aromatic rings. The summed E-state index contributed by atoms with van der Waals surface area (Å²) in [5, 5.41) is 24.5. The van der Waals surface area contributed by atoms with Gasteiger partial charge in [0.15, 0.2) is 0 Å². The lowest BCUT2D eigenvalue weighted by Gasteiger charge is -2.48. The third-order valence-electron chi connectivity index (χ3n) is 6.11. The second-order valence-electron chi connectivity index (χ2n) is 10.8. The summed E-state index contributed by atoms with van der Waals surface area (Å²) in [7, 11) is 10.7. The first-order valence-corrected chi connectivity index (χ1v) is 13.2. The number of hydrogen-bond donors (Lipinski definition) is 0. The van der Waals surface area contributed by atoms with E-state index in [0.717, 1.165) is 22.9 Å². The van der Waals surface area contributed by atoms with Crippen LogP contribution in [0.1, 0.15) is 48.8 Å². The van der Waals surface area contributed by atoms with Crippen molar-refractivity contribution in [2.45, 2.75) is 37.7 Å². The number of quaternary nitrogens is 1. The number of unbranched alkanes of at least 4 members (excludes halogenated alkanes) is 1. The zero-order valence-corrected chi connectivity index (χ0v) is 24.6. The molecule has 0 fully saturated rings. The van der Waals surface area contributed by atoms with E-state index in [1.165, 1.54) is 0 Å². The van der Waals surface area contributed by atoms with E-state index in [0.29, 0.717) is 34.8 Å². The molecule has 0 N–H and O–H groups in total. The number of benzene rings is 3. The summed E-state index contributed by atoms with van der Waals surface area (Å²) in [4.78, 5) is 0. The Balaban J connectivity index is 0.000000976. The summed E-state index contributed by atoms with van der Waals surface area (Å²) in [5.41, 5.74) is 0.819. The Morgan fingerprint density at radius 2 is 1.18 bits per heavy atom. The van der Waals surface area contributed by atoms with Gasteiger partial charge in [0.05, 0.1) is 56.8 Å². The smallest absolute Gasteiger partial charge is 0.119 e. The number of ether oxygens (including phenoxy) is 3. The fraction of sp³-hybridized carbons (Fsp3) is 0.419. The minimum Gasteiger partial charge on any atom is -0.871 e. The van der Waals surface area contributed by atoms with Gasteiger partial charge in [-0.15, -0.1) is 0 Å². The molecule has 0 heterocycles. The number of rotatable bonds is 12. The van der Waals surface area contributed by atoms with Gasteiger partial charge in [-0.25, -0.2) is 0 Å². The van der Waals surface area contributed by atoms with E-state index in [2.05, 4.69) is 35.1 Å². The van der Waals surface area contributed by atoms with Gasteiger partial charge in [-0.2, -0.15) is 0 Å². The second-order valence-corrected chi connectivity index (χ2v) is 10.8. The first-order valence-electron chi connectivity index (χ1n) is 13.2. The zero-order valence-electron chi connectivity index (χ0n) is 24.6. The topological polar surface area (TPSA) is 83.0 Å². The third kappa shape index (κ3) is 9.29. The molecule has 8 heteroatoms. The Kier molecular flexibility index (Phi) is 12.3. The van der Waals surface area contributed by atoms with Crippen LogP contribution in [0.25, 0.3) is 0 Å². The summed E-state index contributed by atoms with van der Waals surface area (Å²) in [5.74, 6) is 1.51. The molecule has 0 saturated heterocycles. The van der Waals surface area contributed by atoms with Crippen molar-refractivity contribution >= 4 is 7.32 Å². The highest BCUT2D eigenvalue weighted by Gasteiger charge is 2.43. The Hall–Kier alpha value is -3.04. The average molecular weight is 536 g/mol. The minimum absolute atomic E-state index is 0.368. The Labute approximate surface area is 234 Å². The van der Waals surface area contributed by atoms with Crippen LogP contribution in [0.15, 0.2) is 72.8 Å². The molecule has 212 valence electrons. The SMILES string of the molecule is CCCCC(c1cccc(OC)c1)C(OB([O-])[O-])(c1cccc(OC)c1)c1cccc(OC)c1.C[N+](C)(C)C. The molecule has 1 atom stereocenters. The second kappa shape index (κ2) is 14.9. The van der Waals surface area contributed by atoms with Crippen molar-refractivity contribution in [3.05, 3.63) is 89.5 Å². The molecule has 0 bridgehead atoms. The van der Waals surface area contributed by atoms with E-state index in [-0.39, 0.29) is 5.92 Å². The minimum atomic E-state index is -2.52. The molecule has 0 saturated carbocycles. The monoisotopic (exact) mass is 536 g/mol. The summed E-state index contributed by atoms with van der Waals surface area (Å²) >= 11 is 0. The van der Waals surface area contributed by atoms with Crippen LogP contribution in [0, 0.1) is 0 Å². The standard InChI is InChI=1S/C27H31BO6.C4H12N/c1-5-6-16-26(20-10-7-13-23(17-20)31-2)27(34-28(29)30,21-11-8-14-24(18-21)32-3)22-12-9-15-25(19-22)33-4;1-5(2,3)4/h7-15,17-19,26H,5-6,16H2,1-4H3;1-4H3/q-2;+1. The van der Waals surface area contributed by atoms with E-state index in [4.69, 9.17) is 18.9 Å². The number of hydrogen-bond acceptors (Lipinski definition) is 6. The van der Waals surface area contributed by atoms with Crippen LogP contribution < -0.4 is 24.3 Å². The molecule has 0 aliphatic carbocycles. The van der Waals surface area contributed by atoms with Gasteiger partial charge in [0.2, 0.25) is 0 Å². The van der Waals surface area contributed by atoms with Gasteiger partial charge in [0.25, 0.3) is 0 Å². The van der Waals surface area contributed by atoms with Crippen molar-refractivity contribution in [2.24, 2.45) is 0 Å². The van der Waals surface area contributed by atoms with E-state index in [9.17, 15) is 10.0 Å². The predicted molar refractivity (Wildman–Crippen MR) is 153 cm³/mol. The first kappa shape index (κ1) is 32.2. The highest BCUT2D eigenvalue weighted by atomic mass is 16.6. The maximum absolute atomic E-state index is 12.3. The van der Waals surface area contributed by atoms with Crippen LogP contribution in [0.2, 0.25) is 0 Å². The van der Waals surface area contributed by atoms with Crippen molar-refractivity contribution in [3.63, 3.8) is 0 Å². The Morgan fingerprint density at radius 1 is 0.744 bits per heavy atom. The molecule has 39 heavy (non-hydrogen) atoms. The van der Waals surface area contributed by atoms with Gasteiger partial charge in [0, 0.05) is 5.92 Å². The molecule has 0 aromatic heterocycles. The summed E-state index contributed by atoms with van der Waals surface area (Å²) in [6.07, 6.45) is 2.47. The molecule has 0 radical (unpaired) electrons. The van der Waals surface area contributed by atoms with Crippen LogP contribution in [-0.2, 0) is 10.3 Å². The van der Waals surface area contributed by atoms with Gasteiger partial charge in [-0.3, -0.25) is 0 Å². The van der Waals surface area contributed by atoms with Crippen molar-refractivity contribution in [3.8, 4) is 17.2 Å². The fourth-order valence-corrected chi connectivity index (χ4v) is 4.52. The third-order valence-corrected chi connectivity index (χ3v) is 6.11. The normalized spacial score (nSPS) is 12.2. The van der Waals surface area contributed by atoms with Crippen LogP contribution in [0.3, 0.4) is 0 Å². The predicted octanol–water partition coefficient (Wildman–Crippen LogP) is 3.97. The molecule has 3 aromatic carbocycles. The van der Waals surface area contributed by atoms with Gasteiger partial charge >= 0.3 is 0 Å². The van der Waals surface area contributed by atoms with Gasteiger partial charge in [-0.1, -0.05) is 56.2 Å². The molecule has 1 unspecified atom stereocenters. The molecular weight excluding hydrogens is 493 g/mol. The lowest BCUT2D eigenvalue weighted by atomic mass is 9.70. The summed E-state index contributed by atoms with van der Waals surface area (Å²) < 4.78 is 23.4. The molecule has 0 amide bonds. The fourth-order valence-electron chi connectivity index (χ4n) is 4.52. The quantitative estimate of drug-likeness (QED) is 0.257. The number of methoxy groups -OCH3 is 3. The van der Waals surface area contributed by atoms with Crippen LogP contribution in [-0.4, -0.2) is 61.3 Å². The van der Waals surface area contributed by atoms with Crippen molar-refractivity contribution < 1.29 is 33.4 Å². The summed E-state index contributed by atoms with van der Waals surface area (Å²) in [6.45, 7) is 2.10. The van der Waals surface area contributed by atoms with Gasteiger partial charge < -0.3 is 33.4 Å². The molecule has 0 aliphatic rings.